The predicted molar refractivity (Wildman–Crippen MR) is 65.2 cm³/mol. The molecule has 4 nitrogen and oxygen atoms in total. The van der Waals surface area contributed by atoms with Crippen LogP contribution in [0.5, 0.6) is 0 Å². The highest BCUT2D eigenvalue weighted by Gasteiger charge is 2.01. The third-order valence-electron chi connectivity index (χ3n) is 2.33. The van der Waals surface area contributed by atoms with Crippen LogP contribution in [-0.2, 0) is 6.54 Å². The molecule has 0 aliphatic heterocycles. The molecular formula is C12H19N3O. The zero-order valence-corrected chi connectivity index (χ0v) is 9.62. The Morgan fingerprint density at radius 1 is 1.31 bits per heavy atom. The highest BCUT2D eigenvalue weighted by molar-refractivity contribution is 5.93. The average molecular weight is 221 g/mol. The summed E-state index contributed by atoms with van der Waals surface area (Å²) in [5.41, 5.74) is 7.25. The maximum Gasteiger partial charge on any atom is 0.251 e. The summed E-state index contributed by atoms with van der Waals surface area (Å²) in [5.74, 6) is -0.0531. The third-order valence-corrected chi connectivity index (χ3v) is 2.33. The summed E-state index contributed by atoms with van der Waals surface area (Å²) in [7, 11) is 1.63. The van der Waals surface area contributed by atoms with Gasteiger partial charge in [-0.1, -0.05) is 12.1 Å². The van der Waals surface area contributed by atoms with Crippen LogP contribution in [0.1, 0.15) is 22.3 Å². The van der Waals surface area contributed by atoms with Crippen molar-refractivity contribution in [1.29, 1.82) is 0 Å². The second-order valence-corrected chi connectivity index (χ2v) is 3.60. The molecule has 1 rings (SSSR count). The molecule has 0 heterocycles. The fourth-order valence-electron chi connectivity index (χ4n) is 1.38. The van der Waals surface area contributed by atoms with Gasteiger partial charge in [-0.2, -0.15) is 0 Å². The van der Waals surface area contributed by atoms with Crippen LogP contribution in [0.25, 0.3) is 0 Å². The predicted octanol–water partition coefficient (Wildman–Crippen LogP) is 0.485. The molecule has 0 fully saturated rings. The molecule has 0 aliphatic rings. The van der Waals surface area contributed by atoms with Crippen LogP contribution in [0.3, 0.4) is 0 Å². The fraction of sp³-hybridized carbons (Fsp3) is 0.417. The maximum atomic E-state index is 11.3. The summed E-state index contributed by atoms with van der Waals surface area (Å²) in [6.45, 7) is 2.45. The quantitative estimate of drug-likeness (QED) is 0.612. The van der Waals surface area contributed by atoms with E-state index in [0.29, 0.717) is 12.1 Å². The highest BCUT2D eigenvalue weighted by atomic mass is 16.1. The number of rotatable bonds is 6. The maximum absolute atomic E-state index is 11.3. The lowest BCUT2D eigenvalue weighted by Crippen LogP contribution is -2.19. The van der Waals surface area contributed by atoms with Crippen molar-refractivity contribution in [2.45, 2.75) is 13.0 Å². The Labute approximate surface area is 96.2 Å². The van der Waals surface area contributed by atoms with Gasteiger partial charge in [-0.05, 0) is 37.2 Å². The molecule has 0 aliphatic carbocycles. The van der Waals surface area contributed by atoms with Crippen LogP contribution in [-0.4, -0.2) is 26.0 Å². The van der Waals surface area contributed by atoms with E-state index in [1.165, 1.54) is 5.56 Å². The van der Waals surface area contributed by atoms with Gasteiger partial charge < -0.3 is 16.4 Å². The van der Waals surface area contributed by atoms with Gasteiger partial charge in [0, 0.05) is 19.2 Å². The molecule has 0 radical (unpaired) electrons. The number of hydrogen-bond donors (Lipinski definition) is 3. The van der Waals surface area contributed by atoms with Gasteiger partial charge in [0.05, 0.1) is 0 Å². The van der Waals surface area contributed by atoms with Crippen molar-refractivity contribution in [2.24, 2.45) is 5.73 Å². The van der Waals surface area contributed by atoms with E-state index in [-0.39, 0.29) is 5.91 Å². The van der Waals surface area contributed by atoms with Crippen LogP contribution >= 0.6 is 0 Å². The molecule has 4 N–H and O–H groups in total. The molecule has 1 amide bonds. The van der Waals surface area contributed by atoms with Gasteiger partial charge in [0.1, 0.15) is 0 Å². The molecule has 16 heavy (non-hydrogen) atoms. The van der Waals surface area contributed by atoms with E-state index in [1.54, 1.807) is 7.05 Å². The number of nitrogens with one attached hydrogen (secondary N) is 2. The first-order valence-electron chi connectivity index (χ1n) is 5.49. The van der Waals surface area contributed by atoms with Crippen molar-refractivity contribution in [3.8, 4) is 0 Å². The molecule has 0 atom stereocenters. The number of hydrogen-bond acceptors (Lipinski definition) is 3. The second-order valence-electron chi connectivity index (χ2n) is 3.60. The molecule has 1 aromatic carbocycles. The number of amides is 1. The Bertz CT molecular complexity index is 322. The third kappa shape index (κ3) is 4.00. The van der Waals surface area contributed by atoms with E-state index in [1.807, 2.05) is 24.3 Å². The normalized spacial score (nSPS) is 10.1. The molecule has 88 valence electrons. The Morgan fingerprint density at radius 2 is 2.00 bits per heavy atom. The second kappa shape index (κ2) is 6.98. The van der Waals surface area contributed by atoms with Gasteiger partial charge in [-0.3, -0.25) is 4.79 Å². The first kappa shape index (κ1) is 12.7. The van der Waals surface area contributed by atoms with Crippen LogP contribution in [0.2, 0.25) is 0 Å². The Kier molecular flexibility index (Phi) is 5.53. The van der Waals surface area contributed by atoms with E-state index >= 15 is 0 Å². The van der Waals surface area contributed by atoms with Crippen LogP contribution in [0.15, 0.2) is 24.3 Å². The van der Waals surface area contributed by atoms with Crippen LogP contribution in [0, 0.1) is 0 Å². The lowest BCUT2D eigenvalue weighted by atomic mass is 10.1. The van der Waals surface area contributed by atoms with Gasteiger partial charge in [-0.15, -0.1) is 0 Å². The van der Waals surface area contributed by atoms with Crippen molar-refractivity contribution in [2.75, 3.05) is 20.1 Å². The monoisotopic (exact) mass is 221 g/mol. The van der Waals surface area contributed by atoms with Gasteiger partial charge in [0.15, 0.2) is 0 Å². The number of nitrogens with two attached hydrogens (primary N) is 1. The minimum atomic E-state index is -0.0531. The lowest BCUT2D eigenvalue weighted by molar-refractivity contribution is 0.0963. The van der Waals surface area contributed by atoms with Crippen molar-refractivity contribution >= 4 is 5.91 Å². The Balaban J connectivity index is 2.42. The number of carbonyl (C=O) groups is 1. The largest absolute Gasteiger partial charge is 0.355 e. The molecule has 0 saturated heterocycles. The Hall–Kier alpha value is -1.39. The summed E-state index contributed by atoms with van der Waals surface area (Å²) in [6.07, 6.45) is 0.982. The molecule has 0 aromatic heterocycles. The van der Waals surface area contributed by atoms with E-state index < -0.39 is 0 Å². The molecule has 1 aromatic rings. The van der Waals surface area contributed by atoms with Gasteiger partial charge >= 0.3 is 0 Å². The molecule has 0 saturated carbocycles. The van der Waals surface area contributed by atoms with Crippen LogP contribution in [0.4, 0.5) is 0 Å². The minimum Gasteiger partial charge on any atom is -0.355 e. The summed E-state index contributed by atoms with van der Waals surface area (Å²) in [5, 5.41) is 5.88. The van der Waals surface area contributed by atoms with Crippen molar-refractivity contribution in [3.05, 3.63) is 35.4 Å². The molecule has 0 unspecified atom stereocenters. The Morgan fingerprint density at radius 3 is 2.56 bits per heavy atom. The standard InChI is InChI=1S/C12H19N3O/c1-14-12(16)11-5-3-10(4-6-11)9-15-8-2-7-13/h3-6,15H,2,7-9,13H2,1H3,(H,14,16). The summed E-state index contributed by atoms with van der Waals surface area (Å²) in [6, 6.07) is 7.58. The zero-order valence-electron chi connectivity index (χ0n) is 9.62. The first-order valence-corrected chi connectivity index (χ1v) is 5.49. The lowest BCUT2D eigenvalue weighted by Gasteiger charge is -2.05. The summed E-state index contributed by atoms with van der Waals surface area (Å²) in [4.78, 5) is 11.3. The first-order chi connectivity index (χ1) is 7.77. The zero-order chi connectivity index (χ0) is 11.8. The molecular weight excluding hydrogens is 202 g/mol. The van der Waals surface area contributed by atoms with Gasteiger partial charge in [0.2, 0.25) is 0 Å². The molecule has 4 heteroatoms. The van der Waals surface area contributed by atoms with Crippen LogP contribution < -0.4 is 16.4 Å². The average Bonchev–Trinajstić information content (AvgIpc) is 2.34. The fourth-order valence-corrected chi connectivity index (χ4v) is 1.38. The van der Waals surface area contributed by atoms with Gasteiger partial charge in [0.25, 0.3) is 5.91 Å². The van der Waals surface area contributed by atoms with E-state index in [2.05, 4.69) is 10.6 Å². The van der Waals surface area contributed by atoms with Gasteiger partial charge in [-0.25, -0.2) is 0 Å². The van der Waals surface area contributed by atoms with Crippen molar-refractivity contribution in [3.63, 3.8) is 0 Å². The topological polar surface area (TPSA) is 67.2 Å². The highest BCUT2D eigenvalue weighted by Crippen LogP contribution is 2.03. The number of benzene rings is 1. The van der Waals surface area contributed by atoms with E-state index in [4.69, 9.17) is 5.73 Å². The van der Waals surface area contributed by atoms with E-state index in [9.17, 15) is 4.79 Å². The SMILES string of the molecule is CNC(=O)c1ccc(CNCCCN)cc1. The van der Waals surface area contributed by atoms with E-state index in [0.717, 1.165) is 19.5 Å². The molecule has 0 spiro atoms. The number of carbonyl (C=O) groups excluding carboxylic acids is 1. The minimum absolute atomic E-state index is 0.0531. The van der Waals surface area contributed by atoms with Crippen molar-refractivity contribution < 1.29 is 4.79 Å². The van der Waals surface area contributed by atoms with Crippen molar-refractivity contribution in [1.82, 2.24) is 10.6 Å². The summed E-state index contributed by atoms with van der Waals surface area (Å²) >= 11 is 0. The summed E-state index contributed by atoms with van der Waals surface area (Å²) < 4.78 is 0. The smallest absolute Gasteiger partial charge is 0.251 e. The molecule has 0 bridgehead atoms.